The van der Waals surface area contributed by atoms with Crippen LogP contribution >= 0.6 is 11.6 Å². The second-order valence-electron chi connectivity index (χ2n) is 6.58. The van der Waals surface area contributed by atoms with Gasteiger partial charge < -0.3 is 10.1 Å². The van der Waals surface area contributed by atoms with Crippen LogP contribution in [-0.2, 0) is 9.53 Å². The van der Waals surface area contributed by atoms with Gasteiger partial charge in [0, 0.05) is 17.3 Å². The van der Waals surface area contributed by atoms with Gasteiger partial charge in [0.1, 0.15) is 12.4 Å². The van der Waals surface area contributed by atoms with E-state index in [1.54, 1.807) is 23.2 Å². The van der Waals surface area contributed by atoms with E-state index in [1.165, 1.54) is 0 Å². The van der Waals surface area contributed by atoms with E-state index >= 15 is 0 Å². The smallest absolute Gasteiger partial charge is 0.414 e. The molecule has 1 N–H and O–H groups in total. The second kappa shape index (κ2) is 6.15. The molecule has 2 heterocycles. The predicted molar refractivity (Wildman–Crippen MR) is 95.9 cm³/mol. The van der Waals surface area contributed by atoms with Crippen molar-refractivity contribution in [2.75, 3.05) is 16.8 Å². The third kappa shape index (κ3) is 2.82. The monoisotopic (exact) mass is 370 g/mol. The first-order chi connectivity index (χ1) is 12.5. The zero-order chi connectivity index (χ0) is 18.4. The third-order valence-corrected chi connectivity index (χ3v) is 4.99. The highest BCUT2D eigenvalue weighted by Gasteiger charge is 2.43. The van der Waals surface area contributed by atoms with E-state index in [0.29, 0.717) is 29.6 Å². The Morgan fingerprint density at radius 3 is 2.92 bits per heavy atom. The Hall–Kier alpha value is -2.85. The number of ether oxygens (including phenoxy) is 1. The first-order valence-corrected chi connectivity index (χ1v) is 8.61. The number of hydrogen-bond donors (Lipinski definition) is 1. The molecule has 1 aromatic heterocycles. The first kappa shape index (κ1) is 16.6. The molecule has 2 aromatic rings. The van der Waals surface area contributed by atoms with Crippen LogP contribution < -0.4 is 10.2 Å². The van der Waals surface area contributed by atoms with Crippen molar-refractivity contribution >= 4 is 45.9 Å². The van der Waals surface area contributed by atoms with Crippen LogP contribution in [0.15, 0.2) is 24.4 Å². The fraction of sp³-hybridized carbons (Fsp3) is 0.333. The minimum Gasteiger partial charge on any atom is -0.447 e. The number of carbonyl (C=O) groups is 2. The summed E-state index contributed by atoms with van der Waals surface area (Å²) in [6.07, 6.45) is 1.75. The van der Waals surface area contributed by atoms with E-state index in [-0.39, 0.29) is 23.8 Å². The summed E-state index contributed by atoms with van der Waals surface area (Å²) >= 11 is 6.35. The van der Waals surface area contributed by atoms with Crippen molar-refractivity contribution in [2.45, 2.75) is 19.4 Å². The molecular weight excluding hydrogens is 356 g/mol. The normalized spacial score (nSPS) is 24.3. The quantitative estimate of drug-likeness (QED) is 0.894. The van der Waals surface area contributed by atoms with Crippen LogP contribution in [0, 0.1) is 23.2 Å². The molecule has 132 valence electrons. The number of nitrogens with one attached hydrogen (secondary N) is 1. The molecule has 2 aliphatic rings. The molecule has 1 aromatic carbocycles. The molecule has 1 saturated heterocycles. The highest BCUT2D eigenvalue weighted by molar-refractivity contribution is 6.36. The van der Waals surface area contributed by atoms with Crippen LogP contribution in [0.5, 0.6) is 0 Å². The lowest BCUT2D eigenvalue weighted by atomic mass is 10.1. The molecule has 1 aliphatic carbocycles. The van der Waals surface area contributed by atoms with Gasteiger partial charge in [-0.3, -0.25) is 9.69 Å². The lowest BCUT2D eigenvalue weighted by Gasteiger charge is -2.19. The topological polar surface area (TPSA) is 95.3 Å². The number of pyridine rings is 1. The fourth-order valence-corrected chi connectivity index (χ4v) is 3.40. The average Bonchev–Trinajstić information content (AvgIpc) is 3.33. The van der Waals surface area contributed by atoms with Gasteiger partial charge in [0.05, 0.1) is 29.0 Å². The van der Waals surface area contributed by atoms with Crippen molar-refractivity contribution < 1.29 is 14.3 Å². The minimum atomic E-state index is -0.410. The van der Waals surface area contributed by atoms with Crippen molar-refractivity contribution in [3.8, 4) is 6.07 Å². The largest absolute Gasteiger partial charge is 0.447 e. The molecule has 0 spiro atoms. The van der Waals surface area contributed by atoms with Crippen LogP contribution in [0.4, 0.5) is 16.3 Å². The summed E-state index contributed by atoms with van der Waals surface area (Å²) in [7, 11) is 0. The number of amides is 2. The van der Waals surface area contributed by atoms with Crippen LogP contribution in [0.2, 0.25) is 5.02 Å². The van der Waals surface area contributed by atoms with Gasteiger partial charge in [-0.15, -0.1) is 0 Å². The number of aromatic nitrogens is 1. The Balaban J connectivity index is 1.65. The first-order valence-electron chi connectivity index (χ1n) is 8.23. The summed E-state index contributed by atoms with van der Waals surface area (Å²) in [5.74, 6) is -0.300. The number of nitrogens with zero attached hydrogens (tertiary/aromatic N) is 3. The highest BCUT2D eigenvalue weighted by atomic mass is 35.5. The van der Waals surface area contributed by atoms with E-state index in [1.807, 2.05) is 13.0 Å². The Labute approximate surface area is 154 Å². The van der Waals surface area contributed by atoms with Crippen molar-refractivity contribution in [1.82, 2.24) is 4.98 Å². The standard InChI is InChI=1S/C18H15ClN4O3/c1-9-8-26-18(25)23(9)12-2-10-4-16(21-7-14(10)15(19)5-12)22-17(24)13-3-11(13)6-20/h2,4-5,7,9,11,13H,3,8H2,1H3,(H,21,22,24)/t9-,11-,13+/m0/s1. The molecule has 26 heavy (non-hydrogen) atoms. The van der Waals surface area contributed by atoms with E-state index in [0.717, 1.165) is 10.8 Å². The number of halogens is 1. The summed E-state index contributed by atoms with van der Waals surface area (Å²) in [5, 5.41) is 13.5. The maximum atomic E-state index is 12.1. The van der Waals surface area contributed by atoms with Gasteiger partial charge in [-0.25, -0.2) is 9.78 Å². The third-order valence-electron chi connectivity index (χ3n) is 4.68. The van der Waals surface area contributed by atoms with Crippen molar-refractivity contribution in [3.63, 3.8) is 0 Å². The molecule has 7 nitrogen and oxygen atoms in total. The zero-order valence-electron chi connectivity index (χ0n) is 13.9. The van der Waals surface area contributed by atoms with Crippen molar-refractivity contribution in [2.24, 2.45) is 11.8 Å². The summed E-state index contributed by atoms with van der Waals surface area (Å²) in [5.41, 5.74) is 0.632. The van der Waals surface area contributed by atoms with Crippen molar-refractivity contribution in [1.29, 1.82) is 5.26 Å². The number of nitriles is 1. The van der Waals surface area contributed by atoms with Crippen molar-refractivity contribution in [3.05, 3.63) is 29.4 Å². The Morgan fingerprint density at radius 2 is 2.27 bits per heavy atom. The van der Waals surface area contributed by atoms with Gasteiger partial charge in [-0.05, 0) is 36.9 Å². The van der Waals surface area contributed by atoms with Gasteiger partial charge in [-0.1, -0.05) is 11.6 Å². The SMILES string of the molecule is C[C@H]1COC(=O)N1c1cc(Cl)c2cnc(NC(=O)[C@@H]3C[C@H]3C#N)cc2c1. The zero-order valence-corrected chi connectivity index (χ0v) is 14.7. The molecule has 0 unspecified atom stereocenters. The number of hydrogen-bond acceptors (Lipinski definition) is 5. The molecule has 0 radical (unpaired) electrons. The predicted octanol–water partition coefficient (Wildman–Crippen LogP) is 3.33. The molecule has 2 fully saturated rings. The van der Waals surface area contributed by atoms with Crippen LogP contribution in [0.1, 0.15) is 13.3 Å². The van der Waals surface area contributed by atoms with Gasteiger partial charge in [-0.2, -0.15) is 5.26 Å². The number of rotatable bonds is 3. The molecule has 8 heteroatoms. The summed E-state index contributed by atoms with van der Waals surface area (Å²) in [6.45, 7) is 2.22. The maximum absolute atomic E-state index is 12.1. The van der Waals surface area contributed by atoms with Crippen LogP contribution in [-0.4, -0.2) is 29.6 Å². The molecule has 2 amide bonds. The number of anilines is 2. The van der Waals surface area contributed by atoms with E-state index in [2.05, 4.69) is 16.4 Å². The number of benzene rings is 1. The Kier molecular flexibility index (Phi) is 3.93. The van der Waals surface area contributed by atoms with Gasteiger partial charge >= 0.3 is 6.09 Å². The van der Waals surface area contributed by atoms with Gasteiger partial charge in [0.2, 0.25) is 5.91 Å². The molecule has 1 aliphatic heterocycles. The summed E-state index contributed by atoms with van der Waals surface area (Å²) in [6, 6.07) is 7.23. The lowest BCUT2D eigenvalue weighted by Crippen LogP contribution is -2.30. The fourth-order valence-electron chi connectivity index (χ4n) is 3.13. The van der Waals surface area contributed by atoms with Crippen LogP contribution in [0.3, 0.4) is 0 Å². The average molecular weight is 371 g/mol. The molecule has 3 atom stereocenters. The number of cyclic esters (lactones) is 1. The van der Waals surface area contributed by atoms with E-state index < -0.39 is 6.09 Å². The molecule has 0 bridgehead atoms. The molecule has 4 rings (SSSR count). The molecule has 1 saturated carbocycles. The lowest BCUT2D eigenvalue weighted by molar-refractivity contribution is -0.117. The number of fused-ring (bicyclic) bond motifs is 1. The van der Waals surface area contributed by atoms with E-state index in [4.69, 9.17) is 21.6 Å². The second-order valence-corrected chi connectivity index (χ2v) is 6.99. The molecular formula is C18H15ClN4O3. The summed E-state index contributed by atoms with van der Waals surface area (Å²) in [4.78, 5) is 29.8. The van der Waals surface area contributed by atoms with E-state index in [9.17, 15) is 9.59 Å². The Morgan fingerprint density at radius 1 is 1.46 bits per heavy atom. The van der Waals surface area contributed by atoms with Gasteiger partial charge in [0.25, 0.3) is 0 Å². The Bertz CT molecular complexity index is 971. The van der Waals surface area contributed by atoms with Crippen LogP contribution in [0.25, 0.3) is 10.8 Å². The minimum absolute atomic E-state index is 0.0881. The highest BCUT2D eigenvalue weighted by Crippen LogP contribution is 2.39. The maximum Gasteiger partial charge on any atom is 0.414 e. The summed E-state index contributed by atoms with van der Waals surface area (Å²) < 4.78 is 5.06. The van der Waals surface area contributed by atoms with Gasteiger partial charge in [0.15, 0.2) is 0 Å². The number of carbonyl (C=O) groups excluding carboxylic acids is 2.